The molecule has 0 aliphatic carbocycles. The second-order valence-corrected chi connectivity index (χ2v) is 1.97. The zero-order valence-corrected chi connectivity index (χ0v) is 5.49. The summed E-state index contributed by atoms with van der Waals surface area (Å²) in [6, 6.07) is 0. The molecule has 0 spiro atoms. The summed E-state index contributed by atoms with van der Waals surface area (Å²) in [4.78, 5) is 10.1. The van der Waals surface area contributed by atoms with E-state index in [-0.39, 0.29) is 4.86 Å². The predicted octanol–water partition coefficient (Wildman–Crippen LogP) is 1.24. The topological polar surface area (TPSA) is 37.3 Å². The molecule has 1 N–H and O–H groups in total. The molecular weight excluding hydrogens is 124 g/mol. The number of rotatable bonds is 3. The molecule has 0 bridgehead atoms. The Morgan fingerprint density at radius 1 is 1.75 bits per heavy atom. The number of carboxylic acid groups (broad SMARTS) is 1. The molecule has 46 valence electrons. The minimum absolute atomic E-state index is 0.132. The first-order valence-corrected chi connectivity index (χ1v) is 2.85. The summed E-state index contributed by atoms with van der Waals surface area (Å²) in [6.07, 6.45) is 1.33. The SMILES string of the molecule is CCCC(=S)C(=O)O. The highest BCUT2D eigenvalue weighted by molar-refractivity contribution is 7.82. The van der Waals surface area contributed by atoms with Gasteiger partial charge in [-0.1, -0.05) is 25.6 Å². The van der Waals surface area contributed by atoms with Crippen molar-refractivity contribution in [3.05, 3.63) is 0 Å². The lowest BCUT2D eigenvalue weighted by Crippen LogP contribution is -2.08. The third kappa shape index (κ3) is 2.69. The first-order chi connectivity index (χ1) is 3.68. The zero-order valence-electron chi connectivity index (χ0n) is 4.68. The zero-order chi connectivity index (χ0) is 6.57. The highest BCUT2D eigenvalue weighted by Crippen LogP contribution is 1.90. The Balaban J connectivity index is 3.49. The molecule has 2 nitrogen and oxygen atoms in total. The monoisotopic (exact) mass is 132 g/mol. The number of carboxylic acids is 1. The Hall–Kier alpha value is -0.440. The molecule has 0 aromatic carbocycles. The minimum Gasteiger partial charge on any atom is -0.477 e. The fourth-order valence-electron chi connectivity index (χ4n) is 0.334. The van der Waals surface area contributed by atoms with Crippen LogP contribution in [0.15, 0.2) is 0 Å². The van der Waals surface area contributed by atoms with E-state index >= 15 is 0 Å². The molecule has 0 aromatic rings. The molecule has 0 aliphatic heterocycles. The van der Waals surface area contributed by atoms with E-state index in [9.17, 15) is 4.79 Å². The number of aliphatic carboxylic acids is 1. The van der Waals surface area contributed by atoms with Gasteiger partial charge >= 0.3 is 5.97 Å². The average Bonchev–Trinajstić information content (AvgIpc) is 1.67. The van der Waals surface area contributed by atoms with Crippen molar-refractivity contribution in [2.24, 2.45) is 0 Å². The summed E-state index contributed by atoms with van der Waals surface area (Å²) >= 11 is 4.48. The highest BCUT2D eigenvalue weighted by atomic mass is 32.1. The van der Waals surface area contributed by atoms with Gasteiger partial charge in [-0.3, -0.25) is 0 Å². The molecule has 0 saturated carbocycles. The lowest BCUT2D eigenvalue weighted by molar-refractivity contribution is -0.129. The molecule has 3 heteroatoms. The van der Waals surface area contributed by atoms with Gasteiger partial charge in [0, 0.05) is 0 Å². The molecule has 0 saturated heterocycles. The van der Waals surface area contributed by atoms with Crippen LogP contribution < -0.4 is 0 Å². The van der Waals surface area contributed by atoms with Gasteiger partial charge in [-0.05, 0) is 6.42 Å². The molecule has 0 radical (unpaired) electrons. The lowest BCUT2D eigenvalue weighted by atomic mass is 10.2. The van der Waals surface area contributed by atoms with E-state index in [0.29, 0.717) is 6.42 Å². The third-order valence-corrected chi connectivity index (χ3v) is 1.09. The van der Waals surface area contributed by atoms with Crippen LogP contribution in [0.5, 0.6) is 0 Å². The van der Waals surface area contributed by atoms with Gasteiger partial charge in [0.1, 0.15) is 0 Å². The summed E-state index contributed by atoms with van der Waals surface area (Å²) in [5, 5.41) is 8.17. The van der Waals surface area contributed by atoms with Crippen LogP contribution in [0.25, 0.3) is 0 Å². The maximum absolute atomic E-state index is 9.95. The molecule has 0 fully saturated rings. The van der Waals surface area contributed by atoms with Gasteiger partial charge in [0.15, 0.2) is 0 Å². The second kappa shape index (κ2) is 3.55. The first-order valence-electron chi connectivity index (χ1n) is 2.44. The van der Waals surface area contributed by atoms with Crippen molar-refractivity contribution in [3.63, 3.8) is 0 Å². The molecule has 8 heavy (non-hydrogen) atoms. The van der Waals surface area contributed by atoms with Gasteiger partial charge in [-0.25, -0.2) is 4.79 Å². The number of carbonyl (C=O) groups is 1. The molecule has 0 aliphatic rings. The van der Waals surface area contributed by atoms with Crippen molar-refractivity contribution in [1.29, 1.82) is 0 Å². The van der Waals surface area contributed by atoms with E-state index in [0.717, 1.165) is 6.42 Å². The van der Waals surface area contributed by atoms with Crippen LogP contribution in [0.2, 0.25) is 0 Å². The molecule has 0 unspecified atom stereocenters. The van der Waals surface area contributed by atoms with Crippen LogP contribution in [0.4, 0.5) is 0 Å². The summed E-state index contributed by atoms with van der Waals surface area (Å²) in [7, 11) is 0. The summed E-state index contributed by atoms with van der Waals surface area (Å²) < 4.78 is 0. The van der Waals surface area contributed by atoms with Crippen LogP contribution in [0.1, 0.15) is 19.8 Å². The van der Waals surface area contributed by atoms with Crippen LogP contribution >= 0.6 is 12.2 Å². The van der Waals surface area contributed by atoms with E-state index in [4.69, 9.17) is 5.11 Å². The second-order valence-electron chi connectivity index (χ2n) is 1.48. The quantitative estimate of drug-likeness (QED) is 0.587. The molecule has 0 rings (SSSR count). The van der Waals surface area contributed by atoms with Crippen LogP contribution in [0, 0.1) is 0 Å². The first kappa shape index (κ1) is 7.56. The van der Waals surface area contributed by atoms with Crippen molar-refractivity contribution >= 4 is 23.1 Å². The molecule has 0 aromatic heterocycles. The molecule has 0 atom stereocenters. The van der Waals surface area contributed by atoms with Crippen LogP contribution in [-0.2, 0) is 4.79 Å². The Morgan fingerprint density at radius 2 is 2.25 bits per heavy atom. The molecule has 0 heterocycles. The fourth-order valence-corrected chi connectivity index (χ4v) is 0.538. The van der Waals surface area contributed by atoms with E-state index in [1.165, 1.54) is 0 Å². The van der Waals surface area contributed by atoms with Crippen LogP contribution in [0.3, 0.4) is 0 Å². The summed E-state index contributed by atoms with van der Waals surface area (Å²) in [5.41, 5.74) is 0. The smallest absolute Gasteiger partial charge is 0.342 e. The fraction of sp³-hybridized carbons (Fsp3) is 0.600. The van der Waals surface area contributed by atoms with Gasteiger partial charge in [0.2, 0.25) is 0 Å². The Morgan fingerprint density at radius 3 is 2.38 bits per heavy atom. The normalized spacial score (nSPS) is 8.62. The van der Waals surface area contributed by atoms with Gasteiger partial charge < -0.3 is 5.11 Å². The van der Waals surface area contributed by atoms with Crippen molar-refractivity contribution < 1.29 is 9.90 Å². The maximum atomic E-state index is 9.95. The minimum atomic E-state index is -0.957. The maximum Gasteiger partial charge on any atom is 0.342 e. The average molecular weight is 132 g/mol. The van der Waals surface area contributed by atoms with Gasteiger partial charge in [0.25, 0.3) is 0 Å². The van der Waals surface area contributed by atoms with E-state index < -0.39 is 5.97 Å². The van der Waals surface area contributed by atoms with E-state index in [2.05, 4.69) is 12.2 Å². The van der Waals surface area contributed by atoms with Crippen molar-refractivity contribution in [1.82, 2.24) is 0 Å². The Kier molecular flexibility index (Phi) is 3.35. The summed E-state index contributed by atoms with van der Waals surface area (Å²) in [5.74, 6) is -0.957. The lowest BCUT2D eigenvalue weighted by Gasteiger charge is -1.89. The van der Waals surface area contributed by atoms with Crippen LogP contribution in [-0.4, -0.2) is 15.9 Å². The summed E-state index contributed by atoms with van der Waals surface area (Å²) in [6.45, 7) is 1.90. The molecular formula is C5H8O2S. The van der Waals surface area contributed by atoms with Crippen molar-refractivity contribution in [3.8, 4) is 0 Å². The Bertz CT molecular complexity index is 109. The number of hydrogen-bond donors (Lipinski definition) is 1. The number of hydrogen-bond acceptors (Lipinski definition) is 2. The highest BCUT2D eigenvalue weighted by Gasteiger charge is 2.02. The molecule has 0 amide bonds. The van der Waals surface area contributed by atoms with Gasteiger partial charge in [-0.2, -0.15) is 0 Å². The van der Waals surface area contributed by atoms with E-state index in [1.807, 2.05) is 6.92 Å². The largest absolute Gasteiger partial charge is 0.477 e. The van der Waals surface area contributed by atoms with Gasteiger partial charge in [0.05, 0.1) is 4.86 Å². The predicted molar refractivity (Wildman–Crippen MR) is 35.1 cm³/mol. The third-order valence-electron chi connectivity index (χ3n) is 0.716. The Labute approximate surface area is 53.5 Å². The van der Waals surface area contributed by atoms with Gasteiger partial charge in [-0.15, -0.1) is 0 Å². The van der Waals surface area contributed by atoms with E-state index in [1.54, 1.807) is 0 Å². The van der Waals surface area contributed by atoms with Crippen molar-refractivity contribution in [2.45, 2.75) is 19.8 Å². The standard InChI is InChI=1S/C5H8O2S/c1-2-3-4(8)5(6)7/h2-3H2,1H3,(H,6,7). The van der Waals surface area contributed by atoms with Crippen molar-refractivity contribution in [2.75, 3.05) is 0 Å². The number of thiocarbonyl (C=S) groups is 1.